The summed E-state index contributed by atoms with van der Waals surface area (Å²) in [5.74, 6) is -0.941. The maximum Gasteiger partial charge on any atom is 0.360 e. The fourth-order valence-corrected chi connectivity index (χ4v) is 11.5. The Kier molecular flexibility index (Phi) is 11.5. The molecule has 2 aliphatic heterocycles. The topological polar surface area (TPSA) is 135 Å². The first-order valence-corrected chi connectivity index (χ1v) is 25.0. The minimum Gasteiger partial charge on any atom is -0.489 e. The Labute approximate surface area is 324 Å². The number of non-ortho nitro benzene ring substituents is 1. The number of fused-ring (bicyclic) bond motifs is 4. The van der Waals surface area contributed by atoms with Crippen LogP contribution < -0.4 is 9.47 Å². The first-order valence-electron chi connectivity index (χ1n) is 19.1. The van der Waals surface area contributed by atoms with Crippen molar-refractivity contribution in [2.45, 2.75) is 91.1 Å². The highest BCUT2D eigenvalue weighted by atomic mass is 28.4. The first kappa shape index (κ1) is 40.0. The number of nitro groups is 1. The van der Waals surface area contributed by atoms with E-state index in [2.05, 4.69) is 40.4 Å². The lowest BCUT2D eigenvalue weighted by atomic mass is 9.77. The molecule has 290 valence electrons. The molecule has 0 unspecified atom stereocenters. The summed E-state index contributed by atoms with van der Waals surface area (Å²) in [4.78, 5) is 53.5. The molecule has 55 heavy (non-hydrogen) atoms. The second-order valence-corrected chi connectivity index (χ2v) is 24.8. The number of esters is 1. The zero-order valence-electron chi connectivity index (χ0n) is 32.8. The Morgan fingerprint density at radius 1 is 0.964 bits per heavy atom. The van der Waals surface area contributed by atoms with E-state index in [1.807, 2.05) is 50.3 Å². The molecule has 3 aromatic carbocycles. The lowest BCUT2D eigenvalue weighted by Crippen LogP contribution is -2.65. The van der Waals surface area contributed by atoms with E-state index >= 15 is 0 Å². The molecule has 3 aromatic rings. The number of benzene rings is 3. The van der Waals surface area contributed by atoms with Crippen molar-refractivity contribution >= 4 is 40.0 Å². The van der Waals surface area contributed by atoms with Gasteiger partial charge in [-0.25, -0.2) is 4.79 Å². The van der Waals surface area contributed by atoms with E-state index < -0.39 is 33.4 Å². The summed E-state index contributed by atoms with van der Waals surface area (Å²) < 4.78 is 24.8. The average molecular weight is 783 g/mol. The minimum absolute atomic E-state index is 0.0550. The van der Waals surface area contributed by atoms with E-state index in [1.54, 1.807) is 12.1 Å². The van der Waals surface area contributed by atoms with Crippen LogP contribution in [0.1, 0.15) is 56.1 Å². The third-order valence-corrected chi connectivity index (χ3v) is 17.0. The molecule has 0 bridgehead atoms. The van der Waals surface area contributed by atoms with Crippen molar-refractivity contribution in [1.29, 1.82) is 0 Å². The van der Waals surface area contributed by atoms with Crippen molar-refractivity contribution in [1.82, 2.24) is 4.90 Å². The van der Waals surface area contributed by atoms with Crippen LogP contribution in [-0.4, -0.2) is 62.9 Å². The van der Waals surface area contributed by atoms with Crippen LogP contribution >= 0.6 is 0 Å². The molecule has 11 nitrogen and oxygen atoms in total. The number of amides is 1. The molecule has 3 aliphatic rings. The lowest BCUT2D eigenvalue weighted by Gasteiger charge is -2.49. The zero-order valence-corrected chi connectivity index (χ0v) is 34.8. The van der Waals surface area contributed by atoms with Gasteiger partial charge in [0.15, 0.2) is 22.4 Å². The first-order chi connectivity index (χ1) is 26.1. The van der Waals surface area contributed by atoms with Crippen LogP contribution in [0, 0.1) is 22.0 Å². The number of carbonyl (C=O) groups excluding carboxylic acids is 3. The fraction of sp³-hybridized carbons (Fsp3) is 0.405. The van der Waals surface area contributed by atoms with E-state index in [9.17, 15) is 24.5 Å². The van der Waals surface area contributed by atoms with Crippen LogP contribution in [-0.2, 0) is 25.0 Å². The smallest absolute Gasteiger partial charge is 0.360 e. The van der Waals surface area contributed by atoms with Gasteiger partial charge in [-0.1, -0.05) is 58.0 Å². The van der Waals surface area contributed by atoms with Crippen molar-refractivity contribution in [2.75, 3.05) is 6.61 Å². The zero-order chi connectivity index (χ0) is 39.8. The van der Waals surface area contributed by atoms with Gasteiger partial charge in [0, 0.05) is 34.7 Å². The number of ether oxygens (including phenoxy) is 2. The van der Waals surface area contributed by atoms with Gasteiger partial charge >= 0.3 is 5.97 Å². The predicted octanol–water partition coefficient (Wildman–Crippen LogP) is 8.84. The maximum atomic E-state index is 13.9. The van der Waals surface area contributed by atoms with Gasteiger partial charge in [-0.2, -0.15) is 0 Å². The Balaban J connectivity index is 1.25. The van der Waals surface area contributed by atoms with E-state index in [0.29, 0.717) is 29.1 Å². The standard InChI is InChI=1S/C42H50N2O9Si2/c1-9-55(10-2,11-3)53-27(5)36-38-26(4)31(39(43(38)41(36)46)42(47)52-30-20-18-29(19-21-30)44(48)49)15-13-23-50-35-16-12-14-33-37(35)32-22-17-28(24-34(32)40(33)45)25-51-54(6,7)8/h12-22,24,26-27,36,38H,9-11,23,25H2,1-8H3/b15-13+/t26-,27+,36+,38+/m0/s1. The van der Waals surface area contributed by atoms with Gasteiger partial charge < -0.3 is 23.2 Å². The third-order valence-electron chi connectivity index (χ3n) is 11.2. The second kappa shape index (κ2) is 15.8. The Morgan fingerprint density at radius 3 is 2.29 bits per heavy atom. The molecule has 0 spiro atoms. The fourth-order valence-electron chi connectivity index (χ4n) is 8.01. The summed E-state index contributed by atoms with van der Waals surface area (Å²) in [6.07, 6.45) is 3.28. The highest BCUT2D eigenvalue weighted by Gasteiger charge is 2.60. The summed E-state index contributed by atoms with van der Waals surface area (Å²) in [7, 11) is -3.76. The van der Waals surface area contributed by atoms with Crippen molar-refractivity contribution in [3.8, 4) is 22.6 Å². The molecule has 13 heteroatoms. The quantitative estimate of drug-likeness (QED) is 0.0273. The SMILES string of the molecule is CC[Si](CC)(CC)O[C@H](C)[C@H]1C(=O)N2C(C(=O)Oc3ccc([N+](=O)[O-])cc3)=C(/C=C/COc3cccc4c3-c3ccc(CO[Si](C)(C)C)cc3C4=O)[C@H](C)[C@H]12. The number of hydrogen-bond donors (Lipinski definition) is 0. The van der Waals surface area contributed by atoms with Gasteiger partial charge in [0.05, 0.1) is 29.6 Å². The molecule has 0 N–H and O–H groups in total. The van der Waals surface area contributed by atoms with Gasteiger partial charge in [-0.05, 0) is 91.7 Å². The summed E-state index contributed by atoms with van der Waals surface area (Å²) in [6.45, 7) is 17.4. The molecule has 1 amide bonds. The molecule has 6 rings (SSSR count). The number of nitrogens with zero attached hydrogens (tertiary/aromatic N) is 2. The van der Waals surface area contributed by atoms with Crippen molar-refractivity contribution in [3.05, 3.63) is 111 Å². The molecule has 4 atom stereocenters. The number of rotatable bonds is 16. The third kappa shape index (κ3) is 7.75. The molecule has 0 aromatic heterocycles. The molecule has 2 heterocycles. The van der Waals surface area contributed by atoms with Crippen LogP contribution in [0.4, 0.5) is 5.69 Å². The van der Waals surface area contributed by atoms with E-state index in [1.165, 1.54) is 29.2 Å². The van der Waals surface area contributed by atoms with Crippen LogP contribution in [0.2, 0.25) is 37.8 Å². The van der Waals surface area contributed by atoms with E-state index in [0.717, 1.165) is 34.8 Å². The summed E-state index contributed by atoms with van der Waals surface area (Å²) in [5.41, 5.74) is 4.33. The lowest BCUT2D eigenvalue weighted by molar-refractivity contribution is -0.384. The highest BCUT2D eigenvalue weighted by molar-refractivity contribution is 6.73. The normalized spacial score (nSPS) is 19.6. The number of carbonyl (C=O) groups is 3. The summed E-state index contributed by atoms with van der Waals surface area (Å²) >= 11 is 0. The number of nitro benzene ring substituents is 1. The van der Waals surface area contributed by atoms with Gasteiger partial charge in [0.1, 0.15) is 23.8 Å². The largest absolute Gasteiger partial charge is 0.489 e. The number of β-lactam (4-membered cyclic amide) rings is 1. The van der Waals surface area contributed by atoms with Gasteiger partial charge in [-0.3, -0.25) is 19.7 Å². The van der Waals surface area contributed by atoms with Crippen LogP contribution in [0.25, 0.3) is 11.1 Å². The molecule has 0 radical (unpaired) electrons. The predicted molar refractivity (Wildman–Crippen MR) is 215 cm³/mol. The Morgan fingerprint density at radius 2 is 1.65 bits per heavy atom. The second-order valence-electron chi connectivity index (χ2n) is 15.5. The molecular weight excluding hydrogens is 733 g/mol. The van der Waals surface area contributed by atoms with E-state index in [4.69, 9.17) is 18.3 Å². The average Bonchev–Trinajstić information content (AvgIpc) is 3.58. The molecule has 1 aliphatic carbocycles. The molecule has 1 fully saturated rings. The monoisotopic (exact) mass is 782 g/mol. The molecule has 1 saturated heterocycles. The van der Waals surface area contributed by atoms with E-state index in [-0.39, 0.29) is 53.5 Å². The van der Waals surface area contributed by atoms with Crippen LogP contribution in [0.15, 0.2) is 84.1 Å². The van der Waals surface area contributed by atoms with Gasteiger partial charge in [0.2, 0.25) is 5.91 Å². The van der Waals surface area contributed by atoms with Crippen molar-refractivity contribution < 1.29 is 37.6 Å². The van der Waals surface area contributed by atoms with Crippen LogP contribution in [0.5, 0.6) is 11.5 Å². The highest BCUT2D eigenvalue weighted by Crippen LogP contribution is 2.49. The van der Waals surface area contributed by atoms with Crippen LogP contribution in [0.3, 0.4) is 0 Å². The number of ketones is 1. The van der Waals surface area contributed by atoms with Gasteiger partial charge in [-0.15, -0.1) is 0 Å². The minimum atomic E-state index is -2.03. The Hall–Kier alpha value is -4.70. The number of hydrogen-bond acceptors (Lipinski definition) is 9. The van der Waals surface area contributed by atoms with Crippen molar-refractivity contribution in [3.63, 3.8) is 0 Å². The summed E-state index contributed by atoms with van der Waals surface area (Å²) in [6, 6.07) is 19.1. The van der Waals surface area contributed by atoms with Crippen molar-refractivity contribution in [2.24, 2.45) is 11.8 Å². The maximum absolute atomic E-state index is 13.9. The summed E-state index contributed by atoms with van der Waals surface area (Å²) in [5, 5.41) is 11.2. The van der Waals surface area contributed by atoms with Gasteiger partial charge in [0.25, 0.3) is 5.69 Å². The molecular formula is C42H50N2O9Si2. The number of allylic oxidation sites excluding steroid dienone is 1. The Bertz CT molecular complexity index is 2060. The molecule has 0 saturated carbocycles.